The first-order valence-electron chi connectivity index (χ1n) is 11.1. The lowest BCUT2D eigenvalue weighted by Gasteiger charge is -2.26. The third kappa shape index (κ3) is 5.03. The van der Waals surface area contributed by atoms with E-state index in [4.69, 9.17) is 21.3 Å². The van der Waals surface area contributed by atoms with Crippen LogP contribution in [-0.2, 0) is 12.2 Å². The third-order valence-corrected chi connectivity index (χ3v) is 8.80. The maximum absolute atomic E-state index is 13.8. The Morgan fingerprint density at radius 1 is 1.14 bits per heavy atom. The van der Waals surface area contributed by atoms with E-state index in [1.807, 2.05) is 24.3 Å². The predicted octanol–water partition coefficient (Wildman–Crippen LogP) is 8.35. The lowest BCUT2D eigenvalue weighted by molar-refractivity contribution is 0.414. The van der Waals surface area contributed by atoms with Gasteiger partial charge in [-0.3, -0.25) is 9.55 Å². The molecule has 35 heavy (non-hydrogen) atoms. The van der Waals surface area contributed by atoms with Crippen LogP contribution >= 0.6 is 55.2 Å². The van der Waals surface area contributed by atoms with Crippen molar-refractivity contribution in [3.8, 4) is 11.4 Å². The summed E-state index contributed by atoms with van der Waals surface area (Å²) in [7, 11) is 1.63. The molecule has 0 spiro atoms. The van der Waals surface area contributed by atoms with Gasteiger partial charge < -0.3 is 4.74 Å². The molecule has 0 saturated heterocycles. The van der Waals surface area contributed by atoms with Gasteiger partial charge in [0.25, 0.3) is 0 Å². The van der Waals surface area contributed by atoms with Crippen LogP contribution in [0.4, 0.5) is 4.39 Å². The molecule has 0 bridgehead atoms. The van der Waals surface area contributed by atoms with Crippen molar-refractivity contribution in [3.63, 3.8) is 0 Å². The van der Waals surface area contributed by atoms with Crippen LogP contribution < -0.4 is 4.74 Å². The van der Waals surface area contributed by atoms with Crippen molar-refractivity contribution in [2.24, 2.45) is 0 Å². The normalized spacial score (nSPS) is 15.2. The van der Waals surface area contributed by atoms with Crippen LogP contribution in [0.3, 0.4) is 0 Å². The molecule has 1 atom stereocenters. The van der Waals surface area contributed by atoms with Crippen molar-refractivity contribution < 1.29 is 9.13 Å². The molecule has 0 aliphatic heterocycles. The quantitative estimate of drug-likeness (QED) is 0.199. The van der Waals surface area contributed by atoms with E-state index in [9.17, 15) is 4.39 Å². The van der Waals surface area contributed by atoms with Gasteiger partial charge in [0.05, 0.1) is 23.5 Å². The Kier molecular flexibility index (Phi) is 7.53. The minimum absolute atomic E-state index is 0.121. The summed E-state index contributed by atoms with van der Waals surface area (Å²) in [6.45, 7) is 0. The van der Waals surface area contributed by atoms with Gasteiger partial charge >= 0.3 is 0 Å². The van der Waals surface area contributed by atoms with E-state index < -0.39 is 0 Å². The Balaban J connectivity index is 1.62. The molecular formula is C26H21Br2ClFN3OS. The molecule has 0 N–H and O–H groups in total. The van der Waals surface area contributed by atoms with E-state index in [1.165, 1.54) is 12.1 Å². The molecule has 1 unspecified atom stereocenters. The molecule has 2 aromatic carbocycles. The lowest BCUT2D eigenvalue weighted by atomic mass is 9.84. The van der Waals surface area contributed by atoms with Gasteiger partial charge in [0, 0.05) is 38.7 Å². The highest BCUT2D eigenvalue weighted by Crippen LogP contribution is 2.43. The fourth-order valence-corrected chi connectivity index (χ4v) is 7.34. The van der Waals surface area contributed by atoms with Gasteiger partial charge in [0.1, 0.15) is 11.6 Å². The van der Waals surface area contributed by atoms with E-state index in [1.54, 1.807) is 31.3 Å². The summed E-state index contributed by atoms with van der Waals surface area (Å²) >= 11 is 15.2. The average molecular weight is 638 g/mol. The number of imidazole rings is 1. The first-order valence-corrected chi connectivity index (χ1v) is 14.0. The molecule has 4 nitrogen and oxygen atoms in total. The molecule has 4 aromatic rings. The number of aromatic nitrogens is 3. The van der Waals surface area contributed by atoms with Gasteiger partial charge in [0.15, 0.2) is 5.16 Å². The predicted molar refractivity (Wildman–Crippen MR) is 146 cm³/mol. The van der Waals surface area contributed by atoms with E-state index in [0.717, 1.165) is 61.6 Å². The molecule has 180 valence electrons. The first-order chi connectivity index (χ1) is 17.0. The Morgan fingerprint density at radius 2 is 1.89 bits per heavy atom. The molecule has 2 aromatic heterocycles. The van der Waals surface area contributed by atoms with E-state index >= 15 is 0 Å². The second-order valence-electron chi connectivity index (χ2n) is 8.25. The van der Waals surface area contributed by atoms with Gasteiger partial charge in [0.2, 0.25) is 0 Å². The number of nitrogens with zero attached hydrogens (tertiary/aromatic N) is 3. The highest BCUT2D eigenvalue weighted by atomic mass is 79.9. The fraction of sp³-hybridized carbons (Fsp3) is 0.231. The molecule has 0 radical (unpaired) electrons. The zero-order chi connectivity index (χ0) is 24.5. The molecule has 9 heteroatoms. The molecule has 2 heterocycles. The summed E-state index contributed by atoms with van der Waals surface area (Å²) in [6, 6.07) is 12.6. The molecule has 1 aliphatic rings. The number of methoxy groups -OCH3 is 1. The number of halogens is 4. The number of fused-ring (bicyclic) bond motifs is 1. The van der Waals surface area contributed by atoms with Crippen molar-refractivity contribution >= 4 is 55.2 Å². The standard InChI is InChI=1S/C26H21Br2ClFN3OS/c1-34-24-11-15(5-10-22(24)29)18-3-2-4-23-25(18)33(17-8-6-16(30)7-9-17)26(32-23)35-14-19-20(27)12-31-13-21(19)28/h5-13,18H,2-4,14H2,1H3. The molecule has 0 fully saturated rings. The Morgan fingerprint density at radius 3 is 2.60 bits per heavy atom. The molecule has 0 amide bonds. The minimum Gasteiger partial charge on any atom is -0.495 e. The number of aryl methyl sites for hydroxylation is 1. The molecule has 5 rings (SSSR count). The van der Waals surface area contributed by atoms with Crippen LogP contribution in [0.2, 0.25) is 5.02 Å². The van der Waals surface area contributed by atoms with Gasteiger partial charge in [-0.2, -0.15) is 0 Å². The maximum Gasteiger partial charge on any atom is 0.173 e. The number of rotatable bonds is 6. The number of hydrogen-bond acceptors (Lipinski definition) is 4. The summed E-state index contributed by atoms with van der Waals surface area (Å²) < 4.78 is 23.4. The van der Waals surface area contributed by atoms with Crippen molar-refractivity contribution in [2.75, 3.05) is 7.11 Å². The van der Waals surface area contributed by atoms with Crippen LogP contribution in [0, 0.1) is 5.82 Å². The number of thioether (sulfide) groups is 1. The van der Waals surface area contributed by atoms with Crippen LogP contribution in [0.5, 0.6) is 5.75 Å². The fourth-order valence-electron chi connectivity index (χ4n) is 4.47. The van der Waals surface area contributed by atoms with Gasteiger partial charge in [-0.1, -0.05) is 29.4 Å². The number of ether oxygens (including phenoxy) is 1. The van der Waals surface area contributed by atoms with Crippen molar-refractivity contribution in [1.29, 1.82) is 0 Å². The number of hydrogen-bond donors (Lipinski definition) is 0. The largest absolute Gasteiger partial charge is 0.495 e. The smallest absolute Gasteiger partial charge is 0.173 e. The maximum atomic E-state index is 13.8. The molecular weight excluding hydrogens is 617 g/mol. The van der Waals surface area contributed by atoms with Crippen LogP contribution in [0.15, 0.2) is 69.0 Å². The van der Waals surface area contributed by atoms with Crippen LogP contribution in [-0.4, -0.2) is 21.6 Å². The highest BCUT2D eigenvalue weighted by Gasteiger charge is 2.30. The molecule has 1 aliphatic carbocycles. The summed E-state index contributed by atoms with van der Waals surface area (Å²) in [6.07, 6.45) is 6.51. The zero-order valence-electron chi connectivity index (χ0n) is 18.8. The van der Waals surface area contributed by atoms with Crippen LogP contribution in [0.1, 0.15) is 41.3 Å². The minimum atomic E-state index is -0.263. The average Bonchev–Trinajstić information content (AvgIpc) is 3.23. The van der Waals surface area contributed by atoms with E-state index in [2.05, 4.69) is 47.5 Å². The topological polar surface area (TPSA) is 39.9 Å². The highest BCUT2D eigenvalue weighted by molar-refractivity contribution is 9.11. The number of pyridine rings is 1. The van der Waals surface area contributed by atoms with Gasteiger partial charge in [-0.15, -0.1) is 0 Å². The summed E-state index contributed by atoms with van der Waals surface area (Å²) in [5.41, 5.74) is 5.35. The van der Waals surface area contributed by atoms with Gasteiger partial charge in [-0.05, 0) is 98.6 Å². The van der Waals surface area contributed by atoms with Crippen LogP contribution in [0.25, 0.3) is 5.69 Å². The first kappa shape index (κ1) is 24.8. The summed E-state index contributed by atoms with van der Waals surface area (Å²) in [5, 5.41) is 1.47. The molecule has 0 saturated carbocycles. The van der Waals surface area contributed by atoms with E-state index in [-0.39, 0.29) is 11.7 Å². The Labute approximate surface area is 229 Å². The van der Waals surface area contributed by atoms with Crippen molar-refractivity contribution in [2.45, 2.75) is 36.1 Å². The second-order valence-corrected chi connectivity index (χ2v) is 11.3. The van der Waals surface area contributed by atoms with E-state index in [0.29, 0.717) is 16.5 Å². The number of benzene rings is 2. The van der Waals surface area contributed by atoms with Crippen molar-refractivity contribution in [3.05, 3.63) is 97.2 Å². The lowest BCUT2D eigenvalue weighted by Crippen LogP contribution is -2.15. The monoisotopic (exact) mass is 635 g/mol. The zero-order valence-corrected chi connectivity index (χ0v) is 23.5. The van der Waals surface area contributed by atoms with Gasteiger partial charge in [-0.25, -0.2) is 9.37 Å². The Hall–Kier alpha value is -1.87. The second kappa shape index (κ2) is 10.6. The van der Waals surface area contributed by atoms with Crippen molar-refractivity contribution in [1.82, 2.24) is 14.5 Å². The third-order valence-electron chi connectivity index (χ3n) is 6.16. The summed E-state index contributed by atoms with van der Waals surface area (Å²) in [5.74, 6) is 1.21. The Bertz CT molecular complexity index is 1360. The SMILES string of the molecule is COc1cc(C2CCCc3nc(SCc4c(Br)cncc4Br)n(-c4ccc(F)cc4)c32)ccc1Cl. The summed E-state index contributed by atoms with van der Waals surface area (Å²) in [4.78, 5) is 9.30.